The van der Waals surface area contributed by atoms with E-state index in [4.69, 9.17) is 0 Å². The first-order valence-corrected chi connectivity index (χ1v) is 8.97. The lowest BCUT2D eigenvalue weighted by Crippen LogP contribution is -2.82. The molecule has 2 N–H and O–H groups in total. The maximum atomic E-state index is 11.1. The summed E-state index contributed by atoms with van der Waals surface area (Å²) in [5.74, 6) is 7.01. The molecule has 10 aliphatic rings. The first kappa shape index (κ1) is 10.6. The molecule has 0 amide bonds. The summed E-state index contributed by atoms with van der Waals surface area (Å²) in [6, 6.07) is 0. The smallest absolute Gasteiger partial charge is 0.0659 e. The molecule has 10 rings (SSSR count). The van der Waals surface area contributed by atoms with Crippen molar-refractivity contribution < 1.29 is 10.2 Å². The second kappa shape index (κ2) is 2.54. The minimum Gasteiger partial charge on any atom is -0.390 e. The molecule has 108 valence electrons. The largest absolute Gasteiger partial charge is 0.390 e. The van der Waals surface area contributed by atoms with Crippen LogP contribution < -0.4 is 0 Å². The third-order valence-corrected chi connectivity index (χ3v) is 9.70. The fraction of sp³-hybridized carbons (Fsp3) is 1.00. The Bertz CT molecular complexity index is 478. The predicted octanol–water partition coefficient (Wildman–Crippen LogP) is 2.19. The molecule has 0 aromatic carbocycles. The van der Waals surface area contributed by atoms with Crippen LogP contribution in [0.1, 0.15) is 44.9 Å². The number of rotatable bonds is 0. The van der Waals surface area contributed by atoms with Gasteiger partial charge in [0.2, 0.25) is 0 Å². The molecule has 11 bridgehead atoms. The van der Waals surface area contributed by atoms with Crippen LogP contribution in [0.4, 0.5) is 0 Å². The van der Waals surface area contributed by atoms with Gasteiger partial charge in [0.25, 0.3) is 0 Å². The Morgan fingerprint density at radius 3 is 1.40 bits per heavy atom. The average Bonchev–Trinajstić information content (AvgIpc) is 2.33. The zero-order valence-corrected chi connectivity index (χ0v) is 12.0. The van der Waals surface area contributed by atoms with Crippen LogP contribution in [-0.4, -0.2) is 21.4 Å². The van der Waals surface area contributed by atoms with E-state index in [0.29, 0.717) is 5.41 Å². The minimum absolute atomic E-state index is 0.340. The minimum atomic E-state index is -0.340. The molecular weight excluding hydrogens is 248 g/mol. The summed E-state index contributed by atoms with van der Waals surface area (Å²) < 4.78 is 0. The highest BCUT2D eigenvalue weighted by atomic mass is 16.3. The van der Waals surface area contributed by atoms with Crippen LogP contribution in [0.25, 0.3) is 0 Å². The Hall–Kier alpha value is -0.0800. The van der Waals surface area contributed by atoms with Crippen molar-refractivity contribution in [1.82, 2.24) is 0 Å². The molecule has 0 saturated heterocycles. The van der Waals surface area contributed by atoms with Crippen molar-refractivity contribution in [2.24, 2.45) is 52.8 Å². The molecule has 6 unspecified atom stereocenters. The molecule has 0 aromatic heterocycles. The third kappa shape index (κ3) is 0.803. The lowest BCUT2D eigenvalue weighted by Gasteiger charge is -2.85. The van der Waals surface area contributed by atoms with Crippen molar-refractivity contribution in [3.8, 4) is 0 Å². The second-order valence-corrected chi connectivity index (χ2v) is 10.1. The highest BCUT2D eigenvalue weighted by Gasteiger charge is 2.82. The van der Waals surface area contributed by atoms with Gasteiger partial charge in [-0.25, -0.2) is 0 Å². The summed E-state index contributed by atoms with van der Waals surface area (Å²) in [5.41, 5.74) is -0.310. The highest BCUT2D eigenvalue weighted by molar-refractivity contribution is 5.31. The Labute approximate surface area is 119 Å². The van der Waals surface area contributed by atoms with Crippen molar-refractivity contribution >= 4 is 0 Å². The van der Waals surface area contributed by atoms with Crippen LogP contribution in [0, 0.1) is 52.8 Å². The van der Waals surface area contributed by atoms with Crippen molar-refractivity contribution in [2.45, 2.75) is 56.1 Å². The lowest BCUT2D eigenvalue weighted by molar-refractivity contribution is -0.391. The van der Waals surface area contributed by atoms with Crippen LogP contribution in [-0.2, 0) is 0 Å². The van der Waals surface area contributed by atoms with E-state index in [2.05, 4.69) is 0 Å². The summed E-state index contributed by atoms with van der Waals surface area (Å²) in [4.78, 5) is 0. The Kier molecular flexibility index (Phi) is 1.35. The molecule has 2 nitrogen and oxygen atoms in total. The Morgan fingerprint density at radius 1 is 0.600 bits per heavy atom. The normalized spacial score (nSPS) is 80.7. The Morgan fingerprint density at radius 2 is 1.00 bits per heavy atom. The molecule has 0 heterocycles. The van der Waals surface area contributed by atoms with E-state index in [1.54, 1.807) is 0 Å². The zero-order chi connectivity index (χ0) is 13.1. The van der Waals surface area contributed by atoms with Crippen LogP contribution in [0.3, 0.4) is 0 Å². The Balaban J connectivity index is 1.55. The predicted molar refractivity (Wildman–Crippen MR) is 72.6 cm³/mol. The van der Waals surface area contributed by atoms with E-state index < -0.39 is 0 Å². The fourth-order valence-corrected chi connectivity index (χ4v) is 10.4. The summed E-state index contributed by atoms with van der Waals surface area (Å²) in [6.07, 6.45) is 8.01. The van der Waals surface area contributed by atoms with Gasteiger partial charge in [-0.05, 0) is 97.7 Å². The lowest BCUT2D eigenvalue weighted by atomic mass is 9.21. The molecule has 10 aliphatic carbocycles. The summed E-state index contributed by atoms with van der Waals surface area (Å²) >= 11 is 0. The molecule has 10 saturated carbocycles. The average molecular weight is 272 g/mol. The van der Waals surface area contributed by atoms with Gasteiger partial charge >= 0.3 is 0 Å². The quantitative estimate of drug-likeness (QED) is 0.709. The van der Waals surface area contributed by atoms with Gasteiger partial charge in [0, 0.05) is 0 Å². The number of aliphatic hydroxyl groups is 2. The first-order valence-electron chi connectivity index (χ1n) is 8.97. The summed E-state index contributed by atoms with van der Waals surface area (Å²) in [7, 11) is 0. The molecular formula is C18H24O2. The molecule has 10 fully saturated rings. The van der Waals surface area contributed by atoms with Crippen LogP contribution in [0.5, 0.6) is 0 Å². The standard InChI is InChI=1S/C18H24O2/c19-16-2-10-8-1-9-12-4-17(20)5-13(9)15(11(8)3-16)18(6-16,7-17)14(10)12/h8-15,19-20H,1-7H2/t8?,9?,10-,11+,12+,13-,14?,15?,16?,17?,18?. The van der Waals surface area contributed by atoms with Gasteiger partial charge in [0.05, 0.1) is 11.2 Å². The molecule has 0 aliphatic heterocycles. The van der Waals surface area contributed by atoms with Gasteiger partial charge in [-0.1, -0.05) is 0 Å². The summed E-state index contributed by atoms with van der Waals surface area (Å²) in [5, 5.41) is 22.2. The molecule has 1 spiro atoms. The van der Waals surface area contributed by atoms with E-state index in [1.807, 2.05) is 0 Å². The number of hydrogen-bond acceptors (Lipinski definition) is 2. The topological polar surface area (TPSA) is 40.5 Å². The van der Waals surface area contributed by atoms with Gasteiger partial charge in [-0.2, -0.15) is 0 Å². The number of hydrogen-bond donors (Lipinski definition) is 2. The van der Waals surface area contributed by atoms with E-state index in [1.165, 1.54) is 6.42 Å². The fourth-order valence-electron chi connectivity index (χ4n) is 10.4. The third-order valence-electron chi connectivity index (χ3n) is 9.70. The van der Waals surface area contributed by atoms with Gasteiger partial charge in [0.1, 0.15) is 0 Å². The molecule has 0 aromatic rings. The molecule has 2 heteroatoms. The molecule has 0 radical (unpaired) electrons. The zero-order valence-electron chi connectivity index (χ0n) is 12.0. The van der Waals surface area contributed by atoms with Crippen LogP contribution in [0.15, 0.2) is 0 Å². The van der Waals surface area contributed by atoms with Gasteiger partial charge < -0.3 is 10.2 Å². The van der Waals surface area contributed by atoms with Crippen molar-refractivity contribution in [2.75, 3.05) is 0 Å². The first-order chi connectivity index (χ1) is 9.52. The van der Waals surface area contributed by atoms with E-state index in [-0.39, 0.29) is 11.2 Å². The molecule has 10 atom stereocenters. The van der Waals surface area contributed by atoms with Gasteiger partial charge in [0.15, 0.2) is 0 Å². The second-order valence-electron chi connectivity index (χ2n) is 10.1. The van der Waals surface area contributed by atoms with E-state index >= 15 is 0 Å². The summed E-state index contributed by atoms with van der Waals surface area (Å²) in [6.45, 7) is 0. The maximum Gasteiger partial charge on any atom is 0.0659 e. The van der Waals surface area contributed by atoms with Gasteiger partial charge in [-0.15, -0.1) is 0 Å². The van der Waals surface area contributed by atoms with Crippen molar-refractivity contribution in [1.29, 1.82) is 0 Å². The highest BCUT2D eigenvalue weighted by Crippen LogP contribution is 2.85. The molecule has 20 heavy (non-hydrogen) atoms. The monoisotopic (exact) mass is 272 g/mol. The van der Waals surface area contributed by atoms with Crippen molar-refractivity contribution in [3.05, 3.63) is 0 Å². The van der Waals surface area contributed by atoms with Crippen molar-refractivity contribution in [3.63, 3.8) is 0 Å². The maximum absolute atomic E-state index is 11.1. The van der Waals surface area contributed by atoms with E-state index in [0.717, 1.165) is 85.9 Å². The van der Waals surface area contributed by atoms with Crippen LogP contribution in [0.2, 0.25) is 0 Å². The van der Waals surface area contributed by atoms with Gasteiger partial charge in [-0.3, -0.25) is 0 Å². The van der Waals surface area contributed by atoms with Crippen LogP contribution >= 0.6 is 0 Å². The van der Waals surface area contributed by atoms with E-state index in [9.17, 15) is 10.2 Å². The SMILES string of the molecule is OC12C[C@@H]3C4CC5[C@H]6CC7(O)C[C@@H]5C3C(C1)(C7)C6[C@H]4C2.